The van der Waals surface area contributed by atoms with Crippen LogP contribution in [0, 0.1) is 5.92 Å². The van der Waals surface area contributed by atoms with Crippen LogP contribution < -0.4 is 0 Å². The summed E-state index contributed by atoms with van der Waals surface area (Å²) in [5.74, 6) is 1.67. The first-order valence-electron chi connectivity index (χ1n) is 11.0. The van der Waals surface area contributed by atoms with E-state index < -0.39 is 0 Å². The molecule has 0 radical (unpaired) electrons. The lowest BCUT2D eigenvalue weighted by Gasteiger charge is -2.54. The van der Waals surface area contributed by atoms with Gasteiger partial charge in [-0.05, 0) is 48.5 Å². The van der Waals surface area contributed by atoms with E-state index in [-0.39, 0.29) is 5.76 Å². The number of aliphatic hydroxyl groups is 1. The van der Waals surface area contributed by atoms with Gasteiger partial charge in [-0.25, -0.2) is 0 Å². The van der Waals surface area contributed by atoms with Crippen molar-refractivity contribution < 1.29 is 5.11 Å². The zero-order chi connectivity index (χ0) is 20.5. The van der Waals surface area contributed by atoms with Crippen molar-refractivity contribution >= 4 is 5.76 Å². The molecule has 2 nitrogen and oxygen atoms in total. The Bertz CT molecular complexity index is 948. The van der Waals surface area contributed by atoms with Gasteiger partial charge in [-0.3, -0.25) is 4.90 Å². The Kier molecular flexibility index (Phi) is 5.18. The van der Waals surface area contributed by atoms with Gasteiger partial charge in [0.2, 0.25) is 0 Å². The summed E-state index contributed by atoms with van der Waals surface area (Å²) in [6.07, 6.45) is 2.54. The normalized spacial score (nSPS) is 25.4. The van der Waals surface area contributed by atoms with Crippen molar-refractivity contribution in [2.24, 2.45) is 5.92 Å². The summed E-state index contributed by atoms with van der Waals surface area (Å²) in [5.41, 5.74) is 4.98. The Morgan fingerprint density at radius 1 is 0.800 bits per heavy atom. The van der Waals surface area contributed by atoms with Crippen LogP contribution in [0.15, 0.2) is 91.5 Å². The summed E-state index contributed by atoms with van der Waals surface area (Å²) in [5, 5.41) is 9.77. The molecule has 6 rings (SSSR count). The second-order valence-corrected chi connectivity index (χ2v) is 8.76. The SMILES string of the molecule is C=C(O)c1ccc(C2C3CCN(CC3)C2C(c2ccccc2)c2ccccc2)cc1. The van der Waals surface area contributed by atoms with E-state index in [2.05, 4.69) is 84.3 Å². The fraction of sp³-hybridized carbons (Fsp3) is 0.286. The summed E-state index contributed by atoms with van der Waals surface area (Å²) in [6, 6.07) is 30.9. The van der Waals surface area contributed by atoms with Crippen LogP contribution in [0.25, 0.3) is 5.76 Å². The molecule has 30 heavy (non-hydrogen) atoms. The fourth-order valence-corrected chi connectivity index (χ4v) is 5.78. The molecular formula is C28H29NO. The molecule has 0 spiro atoms. The van der Waals surface area contributed by atoms with Crippen molar-refractivity contribution in [1.29, 1.82) is 0 Å². The Balaban J connectivity index is 1.61. The van der Waals surface area contributed by atoms with Crippen molar-refractivity contribution in [2.45, 2.75) is 30.7 Å². The third kappa shape index (κ3) is 3.46. The highest BCUT2D eigenvalue weighted by molar-refractivity contribution is 5.56. The maximum absolute atomic E-state index is 9.77. The molecule has 3 aromatic rings. The summed E-state index contributed by atoms with van der Waals surface area (Å²) >= 11 is 0. The highest BCUT2D eigenvalue weighted by Crippen LogP contribution is 2.49. The van der Waals surface area contributed by atoms with Crippen molar-refractivity contribution in [3.05, 3.63) is 114 Å². The smallest absolute Gasteiger partial charge is 0.115 e. The van der Waals surface area contributed by atoms with E-state index in [9.17, 15) is 5.11 Å². The van der Waals surface area contributed by atoms with Gasteiger partial charge in [0, 0.05) is 23.4 Å². The lowest BCUT2D eigenvalue weighted by molar-refractivity contribution is 0.0173. The van der Waals surface area contributed by atoms with Gasteiger partial charge in [0.25, 0.3) is 0 Å². The third-order valence-corrected chi connectivity index (χ3v) is 7.16. The van der Waals surface area contributed by atoms with Gasteiger partial charge in [-0.2, -0.15) is 0 Å². The maximum atomic E-state index is 9.77. The number of rotatable bonds is 5. The van der Waals surface area contributed by atoms with E-state index in [4.69, 9.17) is 0 Å². The molecule has 0 aromatic heterocycles. The average Bonchev–Trinajstić information content (AvgIpc) is 2.81. The monoisotopic (exact) mass is 395 g/mol. The number of nitrogens with zero attached hydrogens (tertiary/aromatic N) is 1. The van der Waals surface area contributed by atoms with Gasteiger partial charge in [-0.15, -0.1) is 0 Å². The van der Waals surface area contributed by atoms with Gasteiger partial charge < -0.3 is 5.11 Å². The first-order chi connectivity index (χ1) is 14.7. The van der Waals surface area contributed by atoms with Crippen molar-refractivity contribution in [3.8, 4) is 0 Å². The van der Waals surface area contributed by atoms with Gasteiger partial charge in [0.1, 0.15) is 5.76 Å². The summed E-state index contributed by atoms with van der Waals surface area (Å²) < 4.78 is 0. The fourth-order valence-electron chi connectivity index (χ4n) is 5.78. The summed E-state index contributed by atoms with van der Waals surface area (Å²) in [4.78, 5) is 2.73. The van der Waals surface area contributed by atoms with E-state index in [0.29, 0.717) is 23.8 Å². The standard InChI is InChI=1S/C28H29NO/c1-20(30)21-12-14-24(15-13-21)27-25-16-18-29(19-17-25)28(27)26(22-8-4-2-5-9-22)23-10-6-3-7-11-23/h2-15,25-28,30H,1,16-19H2. The second-order valence-electron chi connectivity index (χ2n) is 8.76. The number of piperidine rings is 3. The lowest BCUT2D eigenvalue weighted by Crippen LogP contribution is -2.56. The predicted molar refractivity (Wildman–Crippen MR) is 124 cm³/mol. The molecule has 2 atom stereocenters. The predicted octanol–water partition coefficient (Wildman–Crippen LogP) is 6.23. The molecule has 3 aliphatic rings. The lowest BCUT2D eigenvalue weighted by atomic mass is 9.64. The van der Waals surface area contributed by atoms with Crippen LogP contribution in [-0.4, -0.2) is 29.1 Å². The van der Waals surface area contributed by atoms with Crippen molar-refractivity contribution in [3.63, 3.8) is 0 Å². The molecule has 0 aliphatic carbocycles. The van der Waals surface area contributed by atoms with Crippen molar-refractivity contribution in [2.75, 3.05) is 13.1 Å². The summed E-state index contributed by atoms with van der Waals surface area (Å²) in [6.45, 7) is 6.05. The minimum atomic E-state index is 0.137. The minimum Gasteiger partial charge on any atom is -0.508 e. The van der Waals surface area contributed by atoms with E-state index in [1.54, 1.807) is 0 Å². The van der Waals surface area contributed by atoms with Crippen LogP contribution in [0.5, 0.6) is 0 Å². The third-order valence-electron chi connectivity index (χ3n) is 7.16. The minimum absolute atomic E-state index is 0.137. The molecule has 3 aliphatic heterocycles. The van der Waals surface area contributed by atoms with E-state index in [1.807, 2.05) is 12.1 Å². The van der Waals surface area contributed by atoms with Gasteiger partial charge in [0.15, 0.2) is 0 Å². The highest BCUT2D eigenvalue weighted by Gasteiger charge is 2.46. The molecule has 3 saturated heterocycles. The first kappa shape index (κ1) is 19.1. The van der Waals surface area contributed by atoms with Gasteiger partial charge >= 0.3 is 0 Å². The molecule has 152 valence electrons. The number of aliphatic hydroxyl groups excluding tert-OH is 1. The largest absolute Gasteiger partial charge is 0.508 e. The molecule has 0 amide bonds. The van der Waals surface area contributed by atoms with E-state index in [0.717, 1.165) is 5.56 Å². The molecule has 0 saturated carbocycles. The van der Waals surface area contributed by atoms with Gasteiger partial charge in [0.05, 0.1) is 0 Å². The summed E-state index contributed by atoms with van der Waals surface area (Å²) in [7, 11) is 0. The second kappa shape index (κ2) is 8.12. The topological polar surface area (TPSA) is 23.5 Å². The molecule has 2 heteroatoms. The van der Waals surface area contributed by atoms with Crippen molar-refractivity contribution in [1.82, 2.24) is 4.90 Å². The van der Waals surface area contributed by atoms with Crippen LogP contribution in [-0.2, 0) is 0 Å². The molecule has 2 unspecified atom stereocenters. The number of benzene rings is 3. The Hall–Kier alpha value is -2.84. The van der Waals surface area contributed by atoms with E-state index >= 15 is 0 Å². The number of fused-ring (bicyclic) bond motifs is 3. The molecule has 3 fully saturated rings. The van der Waals surface area contributed by atoms with E-state index in [1.165, 1.54) is 42.6 Å². The number of hydrogen-bond donors (Lipinski definition) is 1. The quantitative estimate of drug-likeness (QED) is 0.518. The number of hydrogen-bond acceptors (Lipinski definition) is 2. The van der Waals surface area contributed by atoms with Crippen LogP contribution >= 0.6 is 0 Å². The Morgan fingerprint density at radius 3 is 1.83 bits per heavy atom. The van der Waals surface area contributed by atoms with Crippen LogP contribution in [0.4, 0.5) is 0 Å². The molecule has 1 N–H and O–H groups in total. The highest BCUT2D eigenvalue weighted by atomic mass is 16.3. The maximum Gasteiger partial charge on any atom is 0.115 e. The zero-order valence-corrected chi connectivity index (χ0v) is 17.3. The molecular weight excluding hydrogens is 366 g/mol. The molecule has 3 aromatic carbocycles. The molecule has 2 bridgehead atoms. The van der Waals surface area contributed by atoms with Crippen LogP contribution in [0.3, 0.4) is 0 Å². The van der Waals surface area contributed by atoms with Crippen LogP contribution in [0.1, 0.15) is 46.9 Å². The molecule has 3 heterocycles. The van der Waals surface area contributed by atoms with Gasteiger partial charge in [-0.1, -0.05) is 91.5 Å². The Morgan fingerprint density at radius 2 is 1.33 bits per heavy atom. The zero-order valence-electron chi connectivity index (χ0n) is 17.3. The first-order valence-corrected chi connectivity index (χ1v) is 11.0. The Labute approximate surface area is 179 Å². The van der Waals surface area contributed by atoms with Crippen LogP contribution in [0.2, 0.25) is 0 Å². The average molecular weight is 396 g/mol.